The lowest BCUT2D eigenvalue weighted by Crippen LogP contribution is -2.02. The molecule has 0 atom stereocenters. The van der Waals surface area contributed by atoms with Gasteiger partial charge in [-0.3, -0.25) is 0 Å². The van der Waals surface area contributed by atoms with E-state index in [1.807, 2.05) is 62.4 Å². The van der Waals surface area contributed by atoms with Crippen LogP contribution in [0.5, 0.6) is 11.5 Å². The van der Waals surface area contributed by atoms with Gasteiger partial charge in [-0.05, 0) is 49.2 Å². The van der Waals surface area contributed by atoms with Gasteiger partial charge in [0.25, 0.3) is 0 Å². The molecule has 0 radical (unpaired) electrons. The second-order valence-corrected chi connectivity index (χ2v) is 5.14. The Balaban J connectivity index is 1.91. The topological polar surface area (TPSA) is 27.7 Å². The fourth-order valence-electron chi connectivity index (χ4n) is 1.88. The van der Waals surface area contributed by atoms with E-state index < -0.39 is 0 Å². The predicted octanol–water partition coefficient (Wildman–Crippen LogP) is 4.20. The molecule has 2 aromatic carbocycles. The molecule has 0 aliphatic carbocycles. The molecule has 0 bridgehead atoms. The highest BCUT2D eigenvalue weighted by Crippen LogP contribution is 2.17. The van der Waals surface area contributed by atoms with Crippen LogP contribution in [-0.4, -0.2) is 13.2 Å². The molecule has 21 heavy (non-hydrogen) atoms. The lowest BCUT2D eigenvalue weighted by molar-refractivity contribution is 0.0655. The Bertz CT molecular complexity index is 547. The summed E-state index contributed by atoms with van der Waals surface area (Å²) in [5, 5.41) is 0. The summed E-state index contributed by atoms with van der Waals surface area (Å²) in [6.07, 6.45) is 0.230. The highest BCUT2D eigenvalue weighted by Gasteiger charge is 2.01. The maximum Gasteiger partial charge on any atom is 0.120 e. The van der Waals surface area contributed by atoms with Gasteiger partial charge in [0.05, 0.1) is 19.8 Å². The van der Waals surface area contributed by atoms with E-state index in [-0.39, 0.29) is 6.10 Å². The Morgan fingerprint density at radius 3 is 2.29 bits per heavy atom. The minimum atomic E-state index is 0.230. The van der Waals surface area contributed by atoms with Crippen LogP contribution in [0, 0.1) is 0 Å². The molecule has 2 aromatic rings. The van der Waals surface area contributed by atoms with E-state index >= 15 is 0 Å². The maximum absolute atomic E-state index is 5.82. The van der Waals surface area contributed by atoms with Crippen LogP contribution in [0.25, 0.3) is 0 Å². The van der Waals surface area contributed by atoms with Crippen molar-refractivity contribution in [3.8, 4) is 11.5 Å². The van der Waals surface area contributed by atoms with Crippen molar-refractivity contribution in [2.45, 2.75) is 33.2 Å². The molecule has 0 aliphatic heterocycles. The molecule has 0 saturated carbocycles. The zero-order chi connectivity index (χ0) is 15.1. The van der Waals surface area contributed by atoms with Crippen LogP contribution in [0.15, 0.2) is 48.5 Å². The van der Waals surface area contributed by atoms with Crippen molar-refractivity contribution in [2.24, 2.45) is 0 Å². The SMILES string of the molecule is COc1ccc(COc2cccc(COC(C)C)c2)cc1. The van der Waals surface area contributed by atoms with Crippen molar-refractivity contribution in [1.82, 2.24) is 0 Å². The molecule has 112 valence electrons. The summed E-state index contributed by atoms with van der Waals surface area (Å²) in [6, 6.07) is 15.9. The van der Waals surface area contributed by atoms with Crippen molar-refractivity contribution in [1.29, 1.82) is 0 Å². The highest BCUT2D eigenvalue weighted by atomic mass is 16.5. The Labute approximate surface area is 126 Å². The van der Waals surface area contributed by atoms with Crippen LogP contribution >= 0.6 is 0 Å². The first-order valence-electron chi connectivity index (χ1n) is 7.13. The summed E-state index contributed by atoms with van der Waals surface area (Å²) in [5.41, 5.74) is 2.23. The summed E-state index contributed by atoms with van der Waals surface area (Å²) >= 11 is 0. The minimum Gasteiger partial charge on any atom is -0.497 e. The number of hydrogen-bond acceptors (Lipinski definition) is 3. The molecule has 0 aromatic heterocycles. The number of methoxy groups -OCH3 is 1. The van der Waals surface area contributed by atoms with Crippen LogP contribution < -0.4 is 9.47 Å². The van der Waals surface area contributed by atoms with E-state index in [4.69, 9.17) is 14.2 Å². The van der Waals surface area contributed by atoms with Gasteiger partial charge in [0.1, 0.15) is 18.1 Å². The normalized spacial score (nSPS) is 10.7. The minimum absolute atomic E-state index is 0.230. The van der Waals surface area contributed by atoms with Crippen molar-refractivity contribution in [3.05, 3.63) is 59.7 Å². The Hall–Kier alpha value is -2.00. The molecule has 2 rings (SSSR count). The van der Waals surface area contributed by atoms with Crippen molar-refractivity contribution >= 4 is 0 Å². The number of ether oxygens (including phenoxy) is 3. The zero-order valence-corrected chi connectivity index (χ0v) is 12.8. The average molecular weight is 286 g/mol. The molecule has 0 unspecified atom stereocenters. The van der Waals surface area contributed by atoms with Crippen molar-refractivity contribution < 1.29 is 14.2 Å². The van der Waals surface area contributed by atoms with Gasteiger partial charge in [-0.2, -0.15) is 0 Å². The largest absolute Gasteiger partial charge is 0.497 e. The molecular weight excluding hydrogens is 264 g/mol. The molecule has 0 N–H and O–H groups in total. The fraction of sp³-hybridized carbons (Fsp3) is 0.333. The summed E-state index contributed by atoms with van der Waals surface area (Å²) in [7, 11) is 1.66. The van der Waals surface area contributed by atoms with Gasteiger partial charge in [0, 0.05) is 0 Å². The highest BCUT2D eigenvalue weighted by molar-refractivity contribution is 5.30. The van der Waals surface area contributed by atoms with Gasteiger partial charge in [-0.1, -0.05) is 24.3 Å². The lowest BCUT2D eigenvalue weighted by atomic mass is 10.2. The standard InChI is InChI=1S/C18H22O3/c1-14(2)20-13-16-5-4-6-18(11-16)21-12-15-7-9-17(19-3)10-8-15/h4-11,14H,12-13H2,1-3H3. The first-order valence-corrected chi connectivity index (χ1v) is 7.13. The monoisotopic (exact) mass is 286 g/mol. The molecule has 0 amide bonds. The van der Waals surface area contributed by atoms with Crippen LogP contribution in [0.1, 0.15) is 25.0 Å². The molecule has 3 heteroatoms. The van der Waals surface area contributed by atoms with E-state index in [0.29, 0.717) is 13.2 Å². The third-order valence-corrected chi connectivity index (χ3v) is 3.05. The van der Waals surface area contributed by atoms with Crippen LogP contribution in [-0.2, 0) is 18.0 Å². The van der Waals surface area contributed by atoms with E-state index in [1.54, 1.807) is 7.11 Å². The Morgan fingerprint density at radius 1 is 0.857 bits per heavy atom. The second kappa shape index (κ2) is 7.70. The smallest absolute Gasteiger partial charge is 0.120 e. The first-order chi connectivity index (χ1) is 10.2. The molecule has 3 nitrogen and oxygen atoms in total. The van der Waals surface area contributed by atoms with Gasteiger partial charge in [0.2, 0.25) is 0 Å². The molecule has 0 fully saturated rings. The third-order valence-electron chi connectivity index (χ3n) is 3.05. The molecule has 0 aliphatic rings. The molecule has 0 heterocycles. The Kier molecular flexibility index (Phi) is 5.64. The van der Waals surface area contributed by atoms with E-state index in [9.17, 15) is 0 Å². The van der Waals surface area contributed by atoms with Crippen molar-refractivity contribution in [2.75, 3.05) is 7.11 Å². The summed E-state index contributed by atoms with van der Waals surface area (Å²) in [5.74, 6) is 1.71. The summed E-state index contributed by atoms with van der Waals surface area (Å²) in [4.78, 5) is 0. The average Bonchev–Trinajstić information content (AvgIpc) is 2.52. The Morgan fingerprint density at radius 2 is 1.62 bits per heavy atom. The van der Waals surface area contributed by atoms with E-state index in [0.717, 1.165) is 22.6 Å². The number of rotatable bonds is 7. The predicted molar refractivity (Wildman–Crippen MR) is 83.7 cm³/mol. The van der Waals surface area contributed by atoms with Crippen molar-refractivity contribution in [3.63, 3.8) is 0 Å². The molecule has 0 saturated heterocycles. The van der Waals surface area contributed by atoms with Gasteiger partial charge in [-0.25, -0.2) is 0 Å². The van der Waals surface area contributed by atoms with Crippen LogP contribution in [0.3, 0.4) is 0 Å². The molecular formula is C18H22O3. The van der Waals surface area contributed by atoms with Gasteiger partial charge in [0.15, 0.2) is 0 Å². The third kappa shape index (κ3) is 5.12. The quantitative estimate of drug-likeness (QED) is 0.763. The fourth-order valence-corrected chi connectivity index (χ4v) is 1.88. The van der Waals surface area contributed by atoms with Crippen LogP contribution in [0.4, 0.5) is 0 Å². The first kappa shape index (κ1) is 15.4. The molecule has 0 spiro atoms. The van der Waals surface area contributed by atoms with E-state index in [2.05, 4.69) is 0 Å². The summed E-state index contributed by atoms with van der Waals surface area (Å²) in [6.45, 7) is 5.21. The summed E-state index contributed by atoms with van der Waals surface area (Å²) < 4.78 is 16.6. The van der Waals surface area contributed by atoms with E-state index in [1.165, 1.54) is 0 Å². The zero-order valence-electron chi connectivity index (χ0n) is 12.8. The van der Waals surface area contributed by atoms with Crippen LogP contribution in [0.2, 0.25) is 0 Å². The number of benzene rings is 2. The number of hydrogen-bond donors (Lipinski definition) is 0. The lowest BCUT2D eigenvalue weighted by Gasteiger charge is -2.10. The van der Waals surface area contributed by atoms with Gasteiger partial charge >= 0.3 is 0 Å². The van der Waals surface area contributed by atoms with Gasteiger partial charge < -0.3 is 14.2 Å². The maximum atomic E-state index is 5.82. The van der Waals surface area contributed by atoms with Gasteiger partial charge in [-0.15, -0.1) is 0 Å². The second-order valence-electron chi connectivity index (χ2n) is 5.14.